The van der Waals surface area contributed by atoms with E-state index in [9.17, 15) is 0 Å². The SMILES string of the molecule is N#C[C@@H](COCc1ccccc1)OCc1ccccc1. The standard InChI is InChI=1S/C17H17NO2/c18-11-17(20-13-16-9-5-2-6-10-16)14-19-12-15-7-3-1-4-8-15/h1-10,17H,12-14H2/t17-/m0/s1. The van der Waals surface area contributed by atoms with Crippen molar-refractivity contribution >= 4 is 0 Å². The largest absolute Gasteiger partial charge is 0.373 e. The van der Waals surface area contributed by atoms with E-state index < -0.39 is 6.10 Å². The third kappa shape index (κ3) is 4.85. The molecular formula is C17H17NO2. The van der Waals surface area contributed by atoms with Crippen LogP contribution >= 0.6 is 0 Å². The van der Waals surface area contributed by atoms with Gasteiger partial charge >= 0.3 is 0 Å². The Morgan fingerprint density at radius 1 is 0.850 bits per heavy atom. The van der Waals surface area contributed by atoms with E-state index >= 15 is 0 Å². The van der Waals surface area contributed by atoms with E-state index in [1.165, 1.54) is 0 Å². The van der Waals surface area contributed by atoms with E-state index in [1.807, 2.05) is 60.7 Å². The van der Waals surface area contributed by atoms with Crippen LogP contribution in [0, 0.1) is 11.3 Å². The molecule has 0 amide bonds. The molecule has 20 heavy (non-hydrogen) atoms. The maximum atomic E-state index is 9.05. The lowest BCUT2D eigenvalue weighted by molar-refractivity contribution is -0.00154. The molecule has 2 rings (SSSR count). The zero-order valence-corrected chi connectivity index (χ0v) is 11.2. The minimum atomic E-state index is -0.543. The highest BCUT2D eigenvalue weighted by molar-refractivity contribution is 5.14. The molecule has 102 valence electrons. The van der Waals surface area contributed by atoms with Crippen molar-refractivity contribution in [1.82, 2.24) is 0 Å². The van der Waals surface area contributed by atoms with Gasteiger partial charge in [-0.05, 0) is 11.1 Å². The summed E-state index contributed by atoms with van der Waals surface area (Å²) >= 11 is 0. The van der Waals surface area contributed by atoms with E-state index in [0.29, 0.717) is 13.2 Å². The zero-order valence-electron chi connectivity index (χ0n) is 11.2. The lowest BCUT2D eigenvalue weighted by atomic mass is 10.2. The average Bonchev–Trinajstić information content (AvgIpc) is 2.52. The van der Waals surface area contributed by atoms with Crippen molar-refractivity contribution < 1.29 is 9.47 Å². The first kappa shape index (κ1) is 14.3. The topological polar surface area (TPSA) is 42.2 Å². The number of nitrogens with zero attached hydrogens (tertiary/aromatic N) is 1. The molecule has 0 aromatic heterocycles. The third-order valence-electron chi connectivity index (χ3n) is 2.82. The second kappa shape index (κ2) is 8.11. The molecule has 0 saturated heterocycles. The molecule has 0 spiro atoms. The van der Waals surface area contributed by atoms with Crippen LogP contribution in [0.15, 0.2) is 60.7 Å². The van der Waals surface area contributed by atoms with E-state index in [4.69, 9.17) is 14.7 Å². The third-order valence-corrected chi connectivity index (χ3v) is 2.82. The van der Waals surface area contributed by atoms with Gasteiger partial charge in [-0.1, -0.05) is 60.7 Å². The summed E-state index contributed by atoms with van der Waals surface area (Å²) in [6, 6.07) is 21.8. The van der Waals surface area contributed by atoms with Crippen LogP contribution in [0.2, 0.25) is 0 Å². The van der Waals surface area contributed by atoms with Gasteiger partial charge < -0.3 is 9.47 Å². The second-order valence-electron chi connectivity index (χ2n) is 4.42. The highest BCUT2D eigenvalue weighted by atomic mass is 16.5. The molecule has 0 saturated carbocycles. The molecule has 0 heterocycles. The van der Waals surface area contributed by atoms with Crippen LogP contribution < -0.4 is 0 Å². The molecule has 0 unspecified atom stereocenters. The van der Waals surface area contributed by atoms with Gasteiger partial charge in [0.1, 0.15) is 0 Å². The normalized spacial score (nSPS) is 11.8. The molecule has 3 nitrogen and oxygen atoms in total. The molecule has 3 heteroatoms. The van der Waals surface area contributed by atoms with Crippen molar-refractivity contribution in [3.8, 4) is 6.07 Å². The molecule has 2 aromatic carbocycles. The van der Waals surface area contributed by atoms with Crippen LogP contribution in [-0.4, -0.2) is 12.7 Å². The lowest BCUT2D eigenvalue weighted by Crippen LogP contribution is -2.17. The Kier molecular flexibility index (Phi) is 5.78. The summed E-state index contributed by atoms with van der Waals surface area (Å²) in [5.74, 6) is 0. The van der Waals surface area contributed by atoms with Crippen molar-refractivity contribution in [1.29, 1.82) is 5.26 Å². The number of hydrogen-bond acceptors (Lipinski definition) is 3. The second-order valence-corrected chi connectivity index (χ2v) is 4.42. The van der Waals surface area contributed by atoms with Gasteiger partial charge in [0, 0.05) is 0 Å². The Balaban J connectivity index is 1.72. The van der Waals surface area contributed by atoms with E-state index in [2.05, 4.69) is 6.07 Å². The number of hydrogen-bond donors (Lipinski definition) is 0. The Hall–Kier alpha value is -2.15. The summed E-state index contributed by atoms with van der Waals surface area (Å²) in [6.45, 7) is 1.19. The van der Waals surface area contributed by atoms with Gasteiger partial charge in [0.2, 0.25) is 0 Å². The maximum Gasteiger partial charge on any atom is 0.167 e. The molecule has 0 aliphatic rings. The monoisotopic (exact) mass is 267 g/mol. The van der Waals surface area contributed by atoms with Crippen molar-refractivity contribution in [3.05, 3.63) is 71.8 Å². The summed E-state index contributed by atoms with van der Waals surface area (Å²) in [4.78, 5) is 0. The van der Waals surface area contributed by atoms with Crippen LogP contribution in [0.1, 0.15) is 11.1 Å². The van der Waals surface area contributed by atoms with Crippen molar-refractivity contribution in [2.75, 3.05) is 6.61 Å². The smallest absolute Gasteiger partial charge is 0.167 e. The Morgan fingerprint density at radius 2 is 1.40 bits per heavy atom. The van der Waals surface area contributed by atoms with Gasteiger partial charge in [-0.2, -0.15) is 5.26 Å². The number of ether oxygens (including phenoxy) is 2. The fourth-order valence-electron chi connectivity index (χ4n) is 1.75. The lowest BCUT2D eigenvalue weighted by Gasteiger charge is -2.11. The number of rotatable bonds is 7. The van der Waals surface area contributed by atoms with Crippen LogP contribution in [0.25, 0.3) is 0 Å². The van der Waals surface area contributed by atoms with Crippen LogP contribution in [0.4, 0.5) is 0 Å². The molecule has 0 aliphatic heterocycles. The molecule has 0 N–H and O–H groups in total. The molecule has 0 radical (unpaired) electrons. The van der Waals surface area contributed by atoms with Crippen LogP contribution in [0.5, 0.6) is 0 Å². The maximum absolute atomic E-state index is 9.05. The first-order valence-electron chi connectivity index (χ1n) is 6.55. The Labute approximate surface area is 119 Å². The van der Waals surface area contributed by atoms with Crippen molar-refractivity contribution in [3.63, 3.8) is 0 Å². The highest BCUT2D eigenvalue weighted by Gasteiger charge is 2.08. The van der Waals surface area contributed by atoms with E-state index in [-0.39, 0.29) is 6.61 Å². The minimum Gasteiger partial charge on any atom is -0.373 e. The first-order valence-corrected chi connectivity index (χ1v) is 6.55. The average molecular weight is 267 g/mol. The summed E-state index contributed by atoms with van der Waals surface area (Å²) in [5.41, 5.74) is 2.14. The molecule has 1 atom stereocenters. The van der Waals surface area contributed by atoms with E-state index in [1.54, 1.807) is 0 Å². The van der Waals surface area contributed by atoms with Gasteiger partial charge in [0.25, 0.3) is 0 Å². The molecule has 0 fully saturated rings. The highest BCUT2D eigenvalue weighted by Crippen LogP contribution is 2.05. The molecule has 0 aliphatic carbocycles. The van der Waals surface area contributed by atoms with Crippen molar-refractivity contribution in [2.24, 2.45) is 0 Å². The van der Waals surface area contributed by atoms with Gasteiger partial charge in [-0.15, -0.1) is 0 Å². The quantitative estimate of drug-likeness (QED) is 0.773. The zero-order chi connectivity index (χ0) is 14.0. The Bertz CT molecular complexity index is 534. The summed E-state index contributed by atoms with van der Waals surface area (Å²) in [7, 11) is 0. The number of benzene rings is 2. The number of nitriles is 1. The van der Waals surface area contributed by atoms with Gasteiger partial charge in [0.15, 0.2) is 6.10 Å². The van der Waals surface area contributed by atoms with Gasteiger partial charge in [0.05, 0.1) is 25.9 Å². The van der Waals surface area contributed by atoms with Crippen LogP contribution in [-0.2, 0) is 22.7 Å². The molecule has 2 aromatic rings. The first-order chi connectivity index (χ1) is 9.88. The summed E-state index contributed by atoms with van der Waals surface area (Å²) in [6.07, 6.45) is -0.543. The fourth-order valence-corrected chi connectivity index (χ4v) is 1.75. The predicted molar refractivity (Wildman–Crippen MR) is 76.7 cm³/mol. The fraction of sp³-hybridized carbons (Fsp3) is 0.235. The minimum absolute atomic E-state index is 0.276. The Morgan fingerprint density at radius 3 is 1.95 bits per heavy atom. The predicted octanol–water partition coefficient (Wildman–Crippen LogP) is 3.31. The molecule has 0 bridgehead atoms. The van der Waals surface area contributed by atoms with Gasteiger partial charge in [-0.3, -0.25) is 0 Å². The van der Waals surface area contributed by atoms with Gasteiger partial charge in [-0.25, -0.2) is 0 Å². The van der Waals surface area contributed by atoms with E-state index in [0.717, 1.165) is 11.1 Å². The van der Waals surface area contributed by atoms with Crippen molar-refractivity contribution in [2.45, 2.75) is 19.3 Å². The molecular weight excluding hydrogens is 250 g/mol. The summed E-state index contributed by atoms with van der Waals surface area (Å²) in [5, 5.41) is 9.05. The van der Waals surface area contributed by atoms with Crippen LogP contribution in [0.3, 0.4) is 0 Å². The summed E-state index contributed by atoms with van der Waals surface area (Å²) < 4.78 is 11.0.